The highest BCUT2D eigenvalue weighted by molar-refractivity contribution is 7.09. The van der Waals surface area contributed by atoms with Crippen LogP contribution in [0.5, 0.6) is 0 Å². The largest absolute Gasteiger partial charge is 0.322 e. The number of nitrogens with zero attached hydrogens (tertiary/aromatic N) is 3. The van der Waals surface area contributed by atoms with Crippen molar-refractivity contribution in [3.05, 3.63) is 69.8 Å². The van der Waals surface area contributed by atoms with Crippen molar-refractivity contribution in [1.82, 2.24) is 15.0 Å². The lowest BCUT2D eigenvalue weighted by molar-refractivity contribution is 0.102. The molecule has 27 heavy (non-hydrogen) atoms. The molecule has 2 aromatic carbocycles. The van der Waals surface area contributed by atoms with Crippen molar-refractivity contribution in [2.24, 2.45) is 0 Å². The molecule has 0 aliphatic carbocycles. The van der Waals surface area contributed by atoms with Gasteiger partial charge in [-0.25, -0.2) is 15.0 Å². The van der Waals surface area contributed by atoms with Gasteiger partial charge in [-0.05, 0) is 51.1 Å². The van der Waals surface area contributed by atoms with Crippen molar-refractivity contribution in [3.63, 3.8) is 0 Å². The SMILES string of the molecule is Cc1nc(-c2ccc(NC(=O)c3ccc4nc(C)c(C)nc4c3)cc2)cs1. The number of aromatic nitrogens is 3. The fraction of sp³-hybridized carbons (Fsp3) is 0.143. The van der Waals surface area contributed by atoms with Gasteiger partial charge in [-0.3, -0.25) is 4.79 Å². The molecule has 0 saturated carbocycles. The number of rotatable bonds is 3. The van der Waals surface area contributed by atoms with E-state index in [2.05, 4.69) is 20.3 Å². The lowest BCUT2D eigenvalue weighted by Crippen LogP contribution is -2.12. The second-order valence-electron chi connectivity index (χ2n) is 6.38. The molecule has 0 aliphatic rings. The second-order valence-corrected chi connectivity index (χ2v) is 7.44. The third kappa shape index (κ3) is 3.57. The molecule has 2 heterocycles. The maximum Gasteiger partial charge on any atom is 0.255 e. The van der Waals surface area contributed by atoms with Gasteiger partial charge in [-0.1, -0.05) is 12.1 Å². The second kappa shape index (κ2) is 6.89. The van der Waals surface area contributed by atoms with E-state index in [1.165, 1.54) is 0 Å². The van der Waals surface area contributed by atoms with Crippen LogP contribution in [0, 0.1) is 20.8 Å². The van der Waals surface area contributed by atoms with E-state index in [0.29, 0.717) is 5.56 Å². The first kappa shape index (κ1) is 17.3. The average Bonchev–Trinajstić information content (AvgIpc) is 3.09. The summed E-state index contributed by atoms with van der Waals surface area (Å²) in [6.07, 6.45) is 0. The summed E-state index contributed by atoms with van der Waals surface area (Å²) in [5.41, 5.74) is 6.56. The van der Waals surface area contributed by atoms with Crippen molar-refractivity contribution >= 4 is 34.0 Å². The first-order valence-corrected chi connectivity index (χ1v) is 9.46. The van der Waals surface area contributed by atoms with Crippen LogP contribution in [-0.4, -0.2) is 20.9 Å². The molecule has 0 aliphatic heterocycles. The molecule has 1 amide bonds. The number of aryl methyl sites for hydroxylation is 3. The maximum absolute atomic E-state index is 12.6. The molecule has 1 N–H and O–H groups in total. The fourth-order valence-electron chi connectivity index (χ4n) is 2.80. The van der Waals surface area contributed by atoms with Crippen molar-refractivity contribution < 1.29 is 4.79 Å². The zero-order chi connectivity index (χ0) is 19.0. The molecular weight excluding hydrogens is 356 g/mol. The van der Waals surface area contributed by atoms with Crippen molar-refractivity contribution in [3.8, 4) is 11.3 Å². The first-order valence-electron chi connectivity index (χ1n) is 8.58. The molecule has 5 nitrogen and oxygen atoms in total. The van der Waals surface area contributed by atoms with Gasteiger partial charge in [0.15, 0.2) is 0 Å². The Bertz CT molecular complexity index is 1150. The molecule has 0 spiro atoms. The van der Waals surface area contributed by atoms with Gasteiger partial charge in [-0.2, -0.15) is 0 Å². The highest BCUT2D eigenvalue weighted by Crippen LogP contribution is 2.23. The van der Waals surface area contributed by atoms with Crippen LogP contribution in [0.3, 0.4) is 0 Å². The Balaban J connectivity index is 1.55. The monoisotopic (exact) mass is 374 g/mol. The number of nitrogens with one attached hydrogen (secondary N) is 1. The summed E-state index contributed by atoms with van der Waals surface area (Å²) in [4.78, 5) is 26.1. The molecule has 0 atom stereocenters. The number of carbonyl (C=O) groups is 1. The fourth-order valence-corrected chi connectivity index (χ4v) is 3.42. The number of fused-ring (bicyclic) bond motifs is 1. The van der Waals surface area contributed by atoms with E-state index in [-0.39, 0.29) is 5.91 Å². The summed E-state index contributed by atoms with van der Waals surface area (Å²) in [7, 11) is 0. The van der Waals surface area contributed by atoms with E-state index in [1.54, 1.807) is 23.5 Å². The Hall–Kier alpha value is -3.12. The number of anilines is 1. The minimum Gasteiger partial charge on any atom is -0.322 e. The Kier molecular flexibility index (Phi) is 4.41. The lowest BCUT2D eigenvalue weighted by atomic mass is 10.1. The molecule has 4 aromatic rings. The van der Waals surface area contributed by atoms with Gasteiger partial charge >= 0.3 is 0 Å². The summed E-state index contributed by atoms with van der Waals surface area (Å²) >= 11 is 1.62. The summed E-state index contributed by atoms with van der Waals surface area (Å²) in [6, 6.07) is 13.1. The first-order chi connectivity index (χ1) is 13.0. The van der Waals surface area contributed by atoms with Gasteiger partial charge in [-0.15, -0.1) is 11.3 Å². The molecule has 0 radical (unpaired) electrons. The highest BCUT2D eigenvalue weighted by Gasteiger charge is 2.10. The number of thiazole rings is 1. The average molecular weight is 374 g/mol. The molecule has 0 bridgehead atoms. The van der Waals surface area contributed by atoms with E-state index >= 15 is 0 Å². The van der Waals surface area contributed by atoms with Gasteiger partial charge < -0.3 is 5.32 Å². The molecule has 6 heteroatoms. The normalized spacial score (nSPS) is 10.9. The van der Waals surface area contributed by atoms with Crippen molar-refractivity contribution in [1.29, 1.82) is 0 Å². The van der Waals surface area contributed by atoms with E-state index in [1.807, 2.05) is 56.5 Å². The molecule has 0 unspecified atom stereocenters. The number of benzene rings is 2. The van der Waals surface area contributed by atoms with Crippen LogP contribution in [-0.2, 0) is 0 Å². The molecule has 0 fully saturated rings. The predicted molar refractivity (Wildman–Crippen MR) is 109 cm³/mol. The summed E-state index contributed by atoms with van der Waals surface area (Å²) < 4.78 is 0. The van der Waals surface area contributed by atoms with Gasteiger partial charge in [0.25, 0.3) is 5.91 Å². The molecule has 4 rings (SSSR count). The molecule has 134 valence electrons. The zero-order valence-corrected chi connectivity index (χ0v) is 16.1. The third-order valence-corrected chi connectivity index (χ3v) is 5.17. The van der Waals surface area contributed by atoms with Crippen LogP contribution in [0.25, 0.3) is 22.3 Å². The molecule has 2 aromatic heterocycles. The summed E-state index contributed by atoms with van der Waals surface area (Å²) in [6.45, 7) is 5.83. The summed E-state index contributed by atoms with van der Waals surface area (Å²) in [5.74, 6) is -0.172. The van der Waals surface area contributed by atoms with Gasteiger partial charge in [0.05, 0.1) is 33.1 Å². The van der Waals surface area contributed by atoms with Gasteiger partial charge in [0, 0.05) is 22.2 Å². The van der Waals surface area contributed by atoms with Gasteiger partial charge in [0.2, 0.25) is 0 Å². The Morgan fingerprint density at radius 2 is 1.59 bits per heavy atom. The van der Waals surface area contributed by atoms with E-state index in [4.69, 9.17) is 0 Å². The Morgan fingerprint density at radius 3 is 2.26 bits per heavy atom. The summed E-state index contributed by atoms with van der Waals surface area (Å²) in [5, 5.41) is 5.99. The zero-order valence-electron chi connectivity index (χ0n) is 15.3. The highest BCUT2D eigenvalue weighted by atomic mass is 32.1. The number of hydrogen-bond acceptors (Lipinski definition) is 5. The van der Waals surface area contributed by atoms with Crippen LogP contribution < -0.4 is 5.32 Å². The minimum atomic E-state index is -0.172. The Morgan fingerprint density at radius 1 is 0.889 bits per heavy atom. The minimum absolute atomic E-state index is 0.172. The van der Waals surface area contributed by atoms with Crippen molar-refractivity contribution in [2.75, 3.05) is 5.32 Å². The van der Waals surface area contributed by atoms with Gasteiger partial charge in [0.1, 0.15) is 0 Å². The van der Waals surface area contributed by atoms with Crippen molar-refractivity contribution in [2.45, 2.75) is 20.8 Å². The van der Waals surface area contributed by atoms with Crippen LogP contribution >= 0.6 is 11.3 Å². The van der Waals surface area contributed by atoms with E-state index < -0.39 is 0 Å². The maximum atomic E-state index is 12.6. The Labute approximate surface area is 161 Å². The van der Waals surface area contributed by atoms with Crippen LogP contribution in [0.15, 0.2) is 47.8 Å². The smallest absolute Gasteiger partial charge is 0.255 e. The van der Waals surface area contributed by atoms with Crippen LogP contribution in [0.1, 0.15) is 26.8 Å². The standard InChI is InChI=1S/C21H18N4OS/c1-12-13(2)23-19-10-16(6-9-18(19)22-12)21(26)25-17-7-4-15(5-8-17)20-11-27-14(3)24-20/h4-11H,1-3H3,(H,25,26). The lowest BCUT2D eigenvalue weighted by Gasteiger charge is -2.08. The van der Waals surface area contributed by atoms with Crippen LogP contribution in [0.4, 0.5) is 5.69 Å². The number of hydrogen-bond donors (Lipinski definition) is 1. The third-order valence-electron chi connectivity index (χ3n) is 4.40. The topological polar surface area (TPSA) is 67.8 Å². The molecule has 0 saturated heterocycles. The quantitative estimate of drug-likeness (QED) is 0.552. The predicted octanol–water partition coefficient (Wildman–Crippen LogP) is 4.93. The number of amides is 1. The number of carbonyl (C=O) groups excluding carboxylic acids is 1. The van der Waals surface area contributed by atoms with E-state index in [9.17, 15) is 4.79 Å². The van der Waals surface area contributed by atoms with Crippen LogP contribution in [0.2, 0.25) is 0 Å². The molecular formula is C21H18N4OS. The van der Waals surface area contributed by atoms with E-state index in [0.717, 1.165) is 44.4 Å².